The summed E-state index contributed by atoms with van der Waals surface area (Å²) < 4.78 is 0. The second kappa shape index (κ2) is 6.55. The topological polar surface area (TPSA) is 82.2 Å². The number of benzene rings is 2. The minimum atomic E-state index is -0.257. The van der Waals surface area contributed by atoms with Gasteiger partial charge in [0, 0.05) is 12.6 Å². The number of amides is 1. The molecule has 0 saturated carbocycles. The molecule has 0 radical (unpaired) electrons. The molecule has 0 atom stereocenters. The van der Waals surface area contributed by atoms with Crippen LogP contribution < -0.4 is 16.2 Å². The van der Waals surface area contributed by atoms with Gasteiger partial charge in [-0.15, -0.1) is 0 Å². The Morgan fingerprint density at radius 3 is 2.52 bits per heavy atom. The van der Waals surface area contributed by atoms with Gasteiger partial charge in [-0.25, -0.2) is 0 Å². The summed E-state index contributed by atoms with van der Waals surface area (Å²) in [4.78, 5) is 11.4. The maximum absolute atomic E-state index is 11.4. The second-order valence-electron chi connectivity index (χ2n) is 4.50. The Bertz CT molecular complexity index is 673. The SMILES string of the molecule is CN(NC(=O)CN)c1ccccc1-c1ccc(C#N)cc1. The van der Waals surface area contributed by atoms with Gasteiger partial charge in [-0.05, 0) is 23.8 Å². The number of hydrazine groups is 1. The summed E-state index contributed by atoms with van der Waals surface area (Å²) in [6.45, 7) is -0.0661. The molecule has 0 aromatic heterocycles. The van der Waals surface area contributed by atoms with Gasteiger partial charge in [0.2, 0.25) is 0 Å². The predicted octanol–water partition coefficient (Wildman–Crippen LogP) is 1.65. The van der Waals surface area contributed by atoms with Crippen molar-refractivity contribution in [1.82, 2.24) is 5.43 Å². The van der Waals surface area contributed by atoms with E-state index in [1.807, 2.05) is 36.4 Å². The average Bonchev–Trinajstić information content (AvgIpc) is 2.54. The lowest BCUT2D eigenvalue weighted by molar-refractivity contribution is -0.119. The minimum Gasteiger partial charge on any atom is -0.322 e. The molecule has 1 amide bonds. The number of hydrogen-bond acceptors (Lipinski definition) is 4. The van der Waals surface area contributed by atoms with Crippen molar-refractivity contribution in [3.05, 3.63) is 54.1 Å². The molecule has 0 saturated heterocycles. The molecular weight excluding hydrogens is 264 g/mol. The summed E-state index contributed by atoms with van der Waals surface area (Å²) in [5.74, 6) is -0.257. The van der Waals surface area contributed by atoms with E-state index in [1.54, 1.807) is 24.2 Å². The van der Waals surface area contributed by atoms with Gasteiger partial charge in [0.1, 0.15) is 0 Å². The predicted molar refractivity (Wildman–Crippen MR) is 82.2 cm³/mol. The first kappa shape index (κ1) is 14.6. The summed E-state index contributed by atoms with van der Waals surface area (Å²) in [5, 5.41) is 10.5. The molecule has 106 valence electrons. The number of para-hydroxylation sites is 1. The Morgan fingerprint density at radius 2 is 1.90 bits per heavy atom. The lowest BCUT2D eigenvalue weighted by Crippen LogP contribution is -2.42. The van der Waals surface area contributed by atoms with E-state index in [0.717, 1.165) is 16.8 Å². The van der Waals surface area contributed by atoms with Crippen molar-refractivity contribution in [2.45, 2.75) is 0 Å². The zero-order valence-corrected chi connectivity index (χ0v) is 11.7. The van der Waals surface area contributed by atoms with Crippen molar-refractivity contribution in [2.24, 2.45) is 5.73 Å². The van der Waals surface area contributed by atoms with E-state index >= 15 is 0 Å². The Labute approximate surface area is 123 Å². The summed E-state index contributed by atoms with van der Waals surface area (Å²) in [6, 6.07) is 17.1. The molecule has 3 N–H and O–H groups in total. The molecule has 0 aliphatic heterocycles. The van der Waals surface area contributed by atoms with Gasteiger partial charge < -0.3 is 5.73 Å². The summed E-state index contributed by atoms with van der Waals surface area (Å²) in [5.41, 5.74) is 11.4. The minimum absolute atomic E-state index is 0.0661. The first-order valence-corrected chi connectivity index (χ1v) is 6.48. The molecule has 0 fully saturated rings. The third kappa shape index (κ3) is 3.38. The van der Waals surface area contributed by atoms with E-state index in [0.29, 0.717) is 5.56 Å². The van der Waals surface area contributed by atoms with E-state index in [1.165, 1.54) is 0 Å². The van der Waals surface area contributed by atoms with Gasteiger partial charge in [-0.1, -0.05) is 30.3 Å². The van der Waals surface area contributed by atoms with Crippen LogP contribution in [0, 0.1) is 11.3 Å². The number of nitrogens with zero attached hydrogens (tertiary/aromatic N) is 2. The van der Waals surface area contributed by atoms with Crippen molar-refractivity contribution in [2.75, 3.05) is 18.6 Å². The third-order valence-electron chi connectivity index (χ3n) is 3.07. The van der Waals surface area contributed by atoms with Crippen LogP contribution in [0.3, 0.4) is 0 Å². The van der Waals surface area contributed by atoms with Crippen molar-refractivity contribution in [1.29, 1.82) is 5.26 Å². The van der Waals surface area contributed by atoms with E-state index in [-0.39, 0.29) is 12.5 Å². The maximum Gasteiger partial charge on any atom is 0.252 e. The standard InChI is InChI=1S/C16H16N4O/c1-20(19-16(21)11-18)15-5-3-2-4-14(15)13-8-6-12(10-17)7-9-13/h2-9H,11,18H2,1H3,(H,19,21). The highest BCUT2D eigenvalue weighted by molar-refractivity contribution is 5.83. The molecule has 0 aliphatic rings. The fourth-order valence-electron chi connectivity index (χ4n) is 2.03. The van der Waals surface area contributed by atoms with Crippen LogP contribution in [-0.4, -0.2) is 19.5 Å². The second-order valence-corrected chi connectivity index (χ2v) is 4.50. The molecular formula is C16H16N4O. The lowest BCUT2D eigenvalue weighted by Gasteiger charge is -2.23. The van der Waals surface area contributed by atoms with Crippen LogP contribution in [0.2, 0.25) is 0 Å². The van der Waals surface area contributed by atoms with Gasteiger partial charge in [-0.2, -0.15) is 5.26 Å². The number of rotatable bonds is 4. The number of nitrogens with one attached hydrogen (secondary N) is 1. The summed E-state index contributed by atoms with van der Waals surface area (Å²) in [7, 11) is 1.76. The largest absolute Gasteiger partial charge is 0.322 e. The molecule has 0 spiro atoms. The number of nitrogens with two attached hydrogens (primary N) is 1. The van der Waals surface area contributed by atoms with Crippen LogP contribution in [-0.2, 0) is 4.79 Å². The average molecular weight is 280 g/mol. The molecule has 0 bridgehead atoms. The summed E-state index contributed by atoms with van der Waals surface area (Å²) >= 11 is 0. The normalized spacial score (nSPS) is 9.76. The maximum atomic E-state index is 11.4. The van der Waals surface area contributed by atoms with Gasteiger partial charge in [-0.3, -0.25) is 15.2 Å². The van der Waals surface area contributed by atoms with Crippen LogP contribution >= 0.6 is 0 Å². The smallest absolute Gasteiger partial charge is 0.252 e. The van der Waals surface area contributed by atoms with Gasteiger partial charge in [0.25, 0.3) is 5.91 Å². The Kier molecular flexibility index (Phi) is 4.54. The van der Waals surface area contributed by atoms with Gasteiger partial charge in [0.15, 0.2) is 0 Å². The molecule has 0 unspecified atom stereocenters. The number of carbonyl (C=O) groups is 1. The Hall–Kier alpha value is -2.84. The molecule has 5 nitrogen and oxygen atoms in total. The molecule has 2 rings (SSSR count). The van der Waals surface area contributed by atoms with E-state index in [4.69, 9.17) is 11.0 Å². The van der Waals surface area contributed by atoms with Crippen molar-refractivity contribution >= 4 is 11.6 Å². The van der Waals surface area contributed by atoms with Crippen LogP contribution in [0.5, 0.6) is 0 Å². The first-order chi connectivity index (χ1) is 10.2. The van der Waals surface area contributed by atoms with E-state index in [9.17, 15) is 4.79 Å². The van der Waals surface area contributed by atoms with E-state index < -0.39 is 0 Å². The Balaban J connectivity index is 2.36. The van der Waals surface area contributed by atoms with Crippen LogP contribution in [0.15, 0.2) is 48.5 Å². The Morgan fingerprint density at radius 1 is 1.24 bits per heavy atom. The lowest BCUT2D eigenvalue weighted by atomic mass is 10.0. The van der Waals surface area contributed by atoms with E-state index in [2.05, 4.69) is 11.5 Å². The van der Waals surface area contributed by atoms with Gasteiger partial charge >= 0.3 is 0 Å². The number of carbonyl (C=O) groups excluding carboxylic acids is 1. The summed E-state index contributed by atoms with van der Waals surface area (Å²) in [6.07, 6.45) is 0. The monoisotopic (exact) mass is 280 g/mol. The molecule has 5 heteroatoms. The fraction of sp³-hybridized carbons (Fsp3) is 0.125. The third-order valence-corrected chi connectivity index (χ3v) is 3.07. The van der Waals surface area contributed by atoms with Crippen molar-refractivity contribution < 1.29 is 4.79 Å². The highest BCUT2D eigenvalue weighted by Gasteiger charge is 2.10. The number of anilines is 1. The number of nitriles is 1. The van der Waals surface area contributed by atoms with Crippen LogP contribution in [0.25, 0.3) is 11.1 Å². The zero-order valence-electron chi connectivity index (χ0n) is 11.7. The highest BCUT2D eigenvalue weighted by Crippen LogP contribution is 2.29. The molecule has 0 heterocycles. The van der Waals surface area contributed by atoms with Gasteiger partial charge in [0.05, 0.1) is 23.9 Å². The highest BCUT2D eigenvalue weighted by atomic mass is 16.2. The zero-order chi connectivity index (χ0) is 15.2. The quantitative estimate of drug-likeness (QED) is 0.834. The molecule has 2 aromatic rings. The van der Waals surface area contributed by atoms with Crippen LogP contribution in [0.1, 0.15) is 5.56 Å². The van der Waals surface area contributed by atoms with Crippen LogP contribution in [0.4, 0.5) is 5.69 Å². The molecule has 2 aromatic carbocycles. The van der Waals surface area contributed by atoms with Crippen molar-refractivity contribution in [3.8, 4) is 17.2 Å². The first-order valence-electron chi connectivity index (χ1n) is 6.48. The molecule has 21 heavy (non-hydrogen) atoms. The van der Waals surface area contributed by atoms with Crippen molar-refractivity contribution in [3.63, 3.8) is 0 Å². The number of hydrogen-bond donors (Lipinski definition) is 2. The fourth-order valence-corrected chi connectivity index (χ4v) is 2.03. The molecule has 0 aliphatic carbocycles.